The van der Waals surface area contributed by atoms with Gasteiger partial charge in [-0.3, -0.25) is 24.4 Å². The van der Waals surface area contributed by atoms with E-state index in [0.717, 1.165) is 22.7 Å². The lowest BCUT2D eigenvalue weighted by molar-refractivity contribution is -0.700. The summed E-state index contributed by atoms with van der Waals surface area (Å²) in [6, 6.07) is 29.7. The summed E-state index contributed by atoms with van der Waals surface area (Å²) in [5.41, 5.74) is 8.46. The molecule has 0 N–H and O–H groups in total. The number of aryl methyl sites for hydroxylation is 1. The number of amides is 3. The van der Waals surface area contributed by atoms with Crippen LogP contribution in [0, 0.1) is 29.6 Å². The summed E-state index contributed by atoms with van der Waals surface area (Å²) < 4.78 is 28.0. The van der Waals surface area contributed by atoms with Gasteiger partial charge in [0.25, 0.3) is 35.5 Å². The Bertz CT molecular complexity index is 3930. The highest BCUT2D eigenvalue weighted by atomic mass is 35.5. The molecule has 78 heavy (non-hydrogen) atoms. The van der Waals surface area contributed by atoms with Crippen molar-refractivity contribution < 1.29 is 41.5 Å². The highest BCUT2D eigenvalue weighted by molar-refractivity contribution is 6.30. The molecule has 19 nitrogen and oxygen atoms in total. The van der Waals surface area contributed by atoms with E-state index in [9.17, 15) is 24.9 Å². The average molecular weight is 1080 g/mol. The maximum Gasteiger partial charge on any atom is 0.292 e. The lowest BCUT2D eigenvalue weighted by atomic mass is 10.1. The molecule has 21 heteroatoms. The van der Waals surface area contributed by atoms with Crippen molar-refractivity contribution in [1.29, 1.82) is 10.5 Å². The van der Waals surface area contributed by atoms with Gasteiger partial charge in [-0.25, -0.2) is 0 Å². The largest absolute Gasteiger partial charge is 0.454 e. The monoisotopic (exact) mass is 1080 g/mol. The number of furan rings is 3. The standard InChI is InChI=1S/C57H48Cl2N12O7/c1-36-25-47-54(76-36)44(57(74)67-19-13-64(14-20-67)39-4-2-3-37(26-39)32-60)8-12-71(47)41-28-38(33-61)27-40(29-41)65-15-21-68(22-16-65)56(73)43-7-11-70(46-31-51(59)78-53(43)46)35-75-49-6-9-62-34-48(49)66-17-23-69(24-18-66)55(72)42-5-10-63-45-30-50(58)77-52(42)45/h2-12,25-31,34H,13-24,35H2,1H3/q+2. The highest BCUT2D eigenvalue weighted by Crippen LogP contribution is 2.32. The van der Waals surface area contributed by atoms with Gasteiger partial charge in [0.1, 0.15) is 11.3 Å². The van der Waals surface area contributed by atoms with Gasteiger partial charge in [0.15, 0.2) is 28.9 Å². The van der Waals surface area contributed by atoms with E-state index in [2.05, 4.69) is 36.8 Å². The maximum atomic E-state index is 14.3. The average Bonchev–Trinajstić information content (AvgIpc) is 4.32. The molecule has 3 aliphatic heterocycles. The Kier molecular flexibility index (Phi) is 13.2. The quantitative estimate of drug-likeness (QED) is 0.122. The molecular weight excluding hydrogens is 1040 g/mol. The zero-order valence-electron chi connectivity index (χ0n) is 42.1. The number of hydrogen-bond acceptors (Lipinski definition) is 14. The van der Waals surface area contributed by atoms with E-state index in [1.807, 2.05) is 69.6 Å². The summed E-state index contributed by atoms with van der Waals surface area (Å²) in [6.07, 6.45) is 8.59. The van der Waals surface area contributed by atoms with Gasteiger partial charge in [-0.1, -0.05) is 6.07 Å². The Balaban J connectivity index is 0.701. The maximum absolute atomic E-state index is 14.3. The van der Waals surface area contributed by atoms with Crippen molar-refractivity contribution in [3.05, 3.63) is 160 Å². The fourth-order valence-electron chi connectivity index (χ4n) is 10.6. The van der Waals surface area contributed by atoms with E-state index in [1.54, 1.807) is 77.1 Å². The first-order valence-corrected chi connectivity index (χ1v) is 26.1. The van der Waals surface area contributed by atoms with Crippen LogP contribution in [0.5, 0.6) is 5.75 Å². The van der Waals surface area contributed by atoms with Crippen LogP contribution in [0.25, 0.3) is 39.0 Å². The van der Waals surface area contributed by atoms with Crippen LogP contribution < -0.4 is 28.6 Å². The summed E-state index contributed by atoms with van der Waals surface area (Å²) in [6.45, 7) is 7.91. The predicted octanol–water partition coefficient (Wildman–Crippen LogP) is 7.56. The predicted molar refractivity (Wildman–Crippen MR) is 288 cm³/mol. The molecule has 10 heterocycles. The normalized spacial score (nSPS) is 15.0. The van der Waals surface area contributed by atoms with Crippen molar-refractivity contribution in [2.24, 2.45) is 0 Å². The first-order chi connectivity index (χ1) is 38.0. The Hall–Kier alpha value is -9.17. The van der Waals surface area contributed by atoms with Crippen LogP contribution in [0.4, 0.5) is 17.1 Å². The van der Waals surface area contributed by atoms with Gasteiger partial charge in [-0.15, -0.1) is 0 Å². The summed E-state index contributed by atoms with van der Waals surface area (Å²) in [5.74, 6) is 0.713. The number of nitriles is 2. The molecule has 9 aromatic rings. The van der Waals surface area contributed by atoms with Gasteiger partial charge in [0, 0.05) is 139 Å². The van der Waals surface area contributed by atoms with Crippen molar-refractivity contribution in [2.75, 3.05) is 93.2 Å². The first-order valence-electron chi connectivity index (χ1n) is 25.4. The number of benzene rings is 2. The number of fused-ring (bicyclic) bond motifs is 3. The molecule has 0 saturated carbocycles. The number of carbonyl (C=O) groups excluding carboxylic acids is 3. The number of pyridine rings is 4. The van der Waals surface area contributed by atoms with E-state index >= 15 is 0 Å². The molecule has 0 atom stereocenters. The number of rotatable bonds is 10. The fraction of sp³-hybridized carbons (Fsp3) is 0.246. The van der Waals surface area contributed by atoms with Gasteiger partial charge in [0.2, 0.25) is 22.1 Å². The van der Waals surface area contributed by atoms with E-state index in [4.69, 9.17) is 41.2 Å². The Morgan fingerprint density at radius 1 is 0.615 bits per heavy atom. The molecule has 12 rings (SSSR count). The molecule has 0 bridgehead atoms. The molecule has 0 aliphatic carbocycles. The van der Waals surface area contributed by atoms with Crippen LogP contribution >= 0.6 is 23.2 Å². The molecule has 7 aromatic heterocycles. The van der Waals surface area contributed by atoms with Crippen LogP contribution in [0.15, 0.2) is 129 Å². The lowest BCUT2D eigenvalue weighted by Gasteiger charge is -2.36. The third kappa shape index (κ3) is 9.48. The van der Waals surface area contributed by atoms with Crippen LogP contribution in [0.3, 0.4) is 0 Å². The van der Waals surface area contributed by atoms with Crippen LogP contribution in [0.2, 0.25) is 10.4 Å². The minimum absolute atomic E-state index is 0.0642. The minimum Gasteiger partial charge on any atom is -0.454 e. The highest BCUT2D eigenvalue weighted by Gasteiger charge is 2.33. The van der Waals surface area contributed by atoms with Gasteiger partial charge in [-0.05, 0) is 60.5 Å². The van der Waals surface area contributed by atoms with Gasteiger partial charge >= 0.3 is 0 Å². The summed E-state index contributed by atoms with van der Waals surface area (Å²) in [4.78, 5) is 62.5. The molecule has 3 saturated heterocycles. The number of nitrogens with zero attached hydrogens (tertiary/aromatic N) is 12. The summed E-state index contributed by atoms with van der Waals surface area (Å²) in [5, 5.41) is 19.9. The molecular formula is C57H48Cl2N12O7+2. The molecule has 0 spiro atoms. The number of piperazine rings is 3. The Morgan fingerprint density at radius 3 is 1.91 bits per heavy atom. The third-order valence-electron chi connectivity index (χ3n) is 14.6. The first kappa shape index (κ1) is 49.7. The molecule has 3 aliphatic rings. The number of aromatic nitrogens is 4. The lowest BCUT2D eigenvalue weighted by Crippen LogP contribution is -2.49. The van der Waals surface area contributed by atoms with E-state index in [1.165, 1.54) is 0 Å². The minimum atomic E-state index is -0.212. The molecule has 3 fully saturated rings. The molecule has 3 amide bonds. The van der Waals surface area contributed by atoms with E-state index in [-0.39, 0.29) is 34.9 Å². The summed E-state index contributed by atoms with van der Waals surface area (Å²) in [7, 11) is 0. The van der Waals surface area contributed by atoms with Crippen molar-refractivity contribution in [3.63, 3.8) is 0 Å². The molecule has 2 aromatic carbocycles. The third-order valence-corrected chi connectivity index (χ3v) is 15.0. The Morgan fingerprint density at radius 2 is 1.22 bits per heavy atom. The van der Waals surface area contributed by atoms with Crippen molar-refractivity contribution >= 4 is 91.3 Å². The van der Waals surface area contributed by atoms with Gasteiger partial charge in [0.05, 0.1) is 64.0 Å². The van der Waals surface area contributed by atoms with Crippen LogP contribution in [-0.2, 0) is 6.73 Å². The zero-order valence-corrected chi connectivity index (χ0v) is 43.7. The zero-order chi connectivity index (χ0) is 53.6. The SMILES string of the molecule is Cc1cc2c(o1)c(C(=O)N1CCN(c3cccc(C#N)c3)CC1)cc[n+]2-c1cc(C#N)cc(N2CCN(C(=O)c3cc[n+](COc4ccncc4N4CCN(C(=O)c5ccnc6cc(Cl)oc56)CC4)c4cc(Cl)oc34)CC2)c1. The fourth-order valence-corrected chi connectivity index (χ4v) is 11.0. The van der Waals surface area contributed by atoms with Gasteiger partial charge in [-0.2, -0.15) is 19.7 Å². The second-order valence-corrected chi connectivity index (χ2v) is 20.0. The molecule has 0 radical (unpaired) electrons. The van der Waals surface area contributed by atoms with Crippen molar-refractivity contribution in [2.45, 2.75) is 13.7 Å². The Labute approximate surface area is 456 Å². The number of ether oxygens (including phenoxy) is 1. The van der Waals surface area contributed by atoms with E-state index in [0.29, 0.717) is 151 Å². The number of carbonyl (C=O) groups is 3. The second kappa shape index (κ2) is 20.7. The van der Waals surface area contributed by atoms with E-state index < -0.39 is 0 Å². The molecule has 0 unspecified atom stereocenters. The van der Waals surface area contributed by atoms with Crippen LogP contribution in [0.1, 0.15) is 48.0 Å². The van der Waals surface area contributed by atoms with Gasteiger partial charge < -0.3 is 47.4 Å². The molecule has 390 valence electrons. The van der Waals surface area contributed by atoms with Crippen molar-refractivity contribution in [3.8, 4) is 23.6 Å². The second-order valence-electron chi connectivity index (χ2n) is 19.2. The smallest absolute Gasteiger partial charge is 0.292 e. The van der Waals surface area contributed by atoms with Crippen molar-refractivity contribution in [1.82, 2.24) is 24.7 Å². The summed E-state index contributed by atoms with van der Waals surface area (Å²) >= 11 is 12.6. The van der Waals surface area contributed by atoms with Crippen LogP contribution in [-0.4, -0.2) is 121 Å². The number of anilines is 3. The number of hydrogen-bond donors (Lipinski definition) is 0. The number of halogens is 2. The topological polar surface area (TPSA) is 200 Å².